The molecule has 1 aliphatic rings. The first kappa shape index (κ1) is 23.2. The minimum absolute atomic E-state index is 0.259. The van der Waals surface area contributed by atoms with E-state index < -0.39 is 23.6 Å². The minimum atomic E-state index is -0.511. The molecule has 0 bridgehead atoms. The van der Waals surface area contributed by atoms with Gasteiger partial charge in [-0.05, 0) is 69.7 Å². The number of carbonyl (C=O) groups is 3. The second kappa shape index (κ2) is 9.76. The van der Waals surface area contributed by atoms with Crippen LogP contribution in [0.2, 0.25) is 5.02 Å². The number of methoxy groups -OCH3 is 1. The van der Waals surface area contributed by atoms with Gasteiger partial charge < -0.3 is 15.0 Å². The van der Waals surface area contributed by atoms with Crippen molar-refractivity contribution in [2.45, 2.75) is 0 Å². The van der Waals surface area contributed by atoms with Crippen molar-refractivity contribution in [3.63, 3.8) is 0 Å². The molecule has 1 fully saturated rings. The highest BCUT2D eigenvalue weighted by Crippen LogP contribution is 2.34. The summed E-state index contributed by atoms with van der Waals surface area (Å²) in [5, 5.41) is 2.46. The summed E-state index contributed by atoms with van der Waals surface area (Å²) >= 11 is 10.4. The van der Waals surface area contributed by atoms with E-state index in [1.165, 1.54) is 13.2 Å². The lowest BCUT2D eigenvalue weighted by Crippen LogP contribution is -2.36. The van der Waals surface area contributed by atoms with Gasteiger partial charge >= 0.3 is 0 Å². The molecule has 31 heavy (non-hydrogen) atoms. The van der Waals surface area contributed by atoms with E-state index in [9.17, 15) is 14.4 Å². The maximum absolute atomic E-state index is 12.7. The molecule has 0 aliphatic carbocycles. The Morgan fingerprint density at radius 1 is 1.26 bits per heavy atom. The molecule has 2 aromatic rings. The SMILES string of the molecule is COc1ccc(NC(=O)CN2C(=O)S/C(=C\c3ccc(N(C)C)c(Br)c3)C2=O)cc1Cl. The summed E-state index contributed by atoms with van der Waals surface area (Å²) < 4.78 is 5.93. The van der Waals surface area contributed by atoms with Crippen molar-refractivity contribution < 1.29 is 19.1 Å². The fourth-order valence-electron chi connectivity index (χ4n) is 2.85. The average molecular weight is 525 g/mol. The molecule has 7 nitrogen and oxygen atoms in total. The monoisotopic (exact) mass is 523 g/mol. The van der Waals surface area contributed by atoms with E-state index in [4.69, 9.17) is 16.3 Å². The average Bonchev–Trinajstić information content (AvgIpc) is 2.95. The molecule has 0 atom stereocenters. The molecular weight excluding hydrogens is 506 g/mol. The molecule has 0 saturated carbocycles. The molecular formula is C21H19BrClN3O4S. The lowest BCUT2D eigenvalue weighted by molar-refractivity contribution is -0.127. The van der Waals surface area contributed by atoms with E-state index >= 15 is 0 Å². The largest absolute Gasteiger partial charge is 0.495 e. The molecule has 1 N–H and O–H groups in total. The zero-order chi connectivity index (χ0) is 22.7. The van der Waals surface area contributed by atoms with Crippen molar-refractivity contribution in [2.24, 2.45) is 0 Å². The Morgan fingerprint density at radius 3 is 2.61 bits per heavy atom. The standard InChI is InChI=1S/C21H19BrClN3O4S/c1-25(2)16-6-4-12(8-14(16)22)9-18-20(28)26(21(29)31-18)11-19(27)24-13-5-7-17(30-3)15(23)10-13/h4-10H,11H2,1-3H3,(H,24,27)/b18-9-. The van der Waals surface area contributed by atoms with Gasteiger partial charge in [0.2, 0.25) is 5.91 Å². The number of halogens is 2. The Labute approximate surface area is 197 Å². The molecule has 2 aromatic carbocycles. The van der Waals surface area contributed by atoms with E-state index in [-0.39, 0.29) is 4.91 Å². The number of anilines is 2. The predicted octanol–water partition coefficient (Wildman–Crippen LogP) is 4.85. The molecule has 3 amide bonds. The maximum atomic E-state index is 12.7. The normalized spacial score (nSPS) is 14.9. The summed E-state index contributed by atoms with van der Waals surface area (Å²) in [6.07, 6.45) is 1.64. The van der Waals surface area contributed by atoms with E-state index in [1.807, 2.05) is 37.2 Å². The van der Waals surface area contributed by atoms with Gasteiger partial charge in [-0.2, -0.15) is 0 Å². The van der Waals surface area contributed by atoms with Crippen LogP contribution in [-0.2, 0) is 9.59 Å². The number of amides is 3. The van der Waals surface area contributed by atoms with Crippen LogP contribution < -0.4 is 15.0 Å². The van der Waals surface area contributed by atoms with E-state index in [1.54, 1.807) is 18.2 Å². The third kappa shape index (κ3) is 5.41. The van der Waals surface area contributed by atoms with E-state index in [2.05, 4.69) is 21.2 Å². The number of carbonyl (C=O) groups excluding carboxylic acids is 3. The highest BCUT2D eigenvalue weighted by Gasteiger charge is 2.36. The molecule has 162 valence electrons. The number of thioether (sulfide) groups is 1. The number of imide groups is 1. The first-order valence-corrected chi connectivity index (χ1v) is 11.0. The molecule has 0 spiro atoms. The van der Waals surface area contributed by atoms with Gasteiger partial charge in [-0.15, -0.1) is 0 Å². The quantitative estimate of drug-likeness (QED) is 0.544. The third-order valence-corrected chi connectivity index (χ3v) is 6.20. The fourth-order valence-corrected chi connectivity index (χ4v) is 4.70. The Kier molecular flexibility index (Phi) is 7.30. The predicted molar refractivity (Wildman–Crippen MR) is 128 cm³/mol. The zero-order valence-electron chi connectivity index (χ0n) is 16.9. The van der Waals surface area contributed by atoms with Gasteiger partial charge in [0.15, 0.2) is 0 Å². The first-order valence-electron chi connectivity index (χ1n) is 9.05. The van der Waals surface area contributed by atoms with Gasteiger partial charge in [-0.1, -0.05) is 17.7 Å². The third-order valence-electron chi connectivity index (χ3n) is 4.36. The lowest BCUT2D eigenvalue weighted by Gasteiger charge is -2.14. The fraction of sp³-hybridized carbons (Fsp3) is 0.190. The Hall–Kier alpha value is -2.49. The van der Waals surface area contributed by atoms with Crippen molar-refractivity contribution in [2.75, 3.05) is 38.0 Å². The van der Waals surface area contributed by atoms with Crippen molar-refractivity contribution in [1.29, 1.82) is 0 Å². The van der Waals surface area contributed by atoms with Crippen LogP contribution in [0.4, 0.5) is 16.2 Å². The van der Waals surface area contributed by atoms with Crippen molar-refractivity contribution in [3.05, 3.63) is 56.4 Å². The summed E-state index contributed by atoms with van der Waals surface area (Å²) in [6.45, 7) is -0.394. The number of nitrogens with one attached hydrogen (secondary N) is 1. The number of rotatable bonds is 6. The number of benzene rings is 2. The first-order chi connectivity index (χ1) is 14.7. The Balaban J connectivity index is 1.70. The van der Waals surface area contributed by atoms with Crippen LogP contribution >= 0.6 is 39.3 Å². The van der Waals surface area contributed by atoms with Gasteiger partial charge in [-0.25, -0.2) is 0 Å². The number of nitrogens with zero attached hydrogens (tertiary/aromatic N) is 2. The van der Waals surface area contributed by atoms with Crippen LogP contribution in [0, 0.1) is 0 Å². The lowest BCUT2D eigenvalue weighted by atomic mass is 10.2. The van der Waals surface area contributed by atoms with Crippen LogP contribution in [0.1, 0.15) is 5.56 Å². The summed E-state index contributed by atoms with van der Waals surface area (Å²) in [5.74, 6) is -0.547. The number of hydrogen-bond acceptors (Lipinski definition) is 6. The van der Waals surface area contributed by atoms with Gasteiger partial charge in [0.25, 0.3) is 11.1 Å². The molecule has 0 aromatic heterocycles. The molecule has 1 aliphatic heterocycles. The molecule has 0 radical (unpaired) electrons. The van der Waals surface area contributed by atoms with Crippen LogP contribution in [-0.4, -0.2) is 49.7 Å². The Bertz CT molecular complexity index is 1090. The minimum Gasteiger partial charge on any atom is -0.495 e. The number of ether oxygens (including phenoxy) is 1. The topological polar surface area (TPSA) is 79.0 Å². The highest BCUT2D eigenvalue weighted by atomic mass is 79.9. The van der Waals surface area contributed by atoms with Gasteiger partial charge in [-0.3, -0.25) is 19.3 Å². The smallest absolute Gasteiger partial charge is 0.294 e. The van der Waals surface area contributed by atoms with Crippen LogP contribution in [0.25, 0.3) is 6.08 Å². The zero-order valence-corrected chi connectivity index (χ0v) is 20.1. The second-order valence-corrected chi connectivity index (χ2v) is 9.03. The van der Waals surface area contributed by atoms with Gasteiger partial charge in [0.1, 0.15) is 12.3 Å². The van der Waals surface area contributed by atoms with Crippen LogP contribution in [0.3, 0.4) is 0 Å². The van der Waals surface area contributed by atoms with Crippen LogP contribution in [0.5, 0.6) is 5.75 Å². The summed E-state index contributed by atoms with van der Waals surface area (Å²) in [5.41, 5.74) is 2.19. The van der Waals surface area contributed by atoms with Gasteiger partial charge in [0, 0.05) is 24.3 Å². The second-order valence-electron chi connectivity index (χ2n) is 6.77. The van der Waals surface area contributed by atoms with E-state index in [0.29, 0.717) is 16.5 Å². The van der Waals surface area contributed by atoms with Crippen molar-refractivity contribution >= 4 is 73.8 Å². The Morgan fingerprint density at radius 2 is 2.00 bits per heavy atom. The summed E-state index contributed by atoms with van der Waals surface area (Å²) in [4.78, 5) is 40.5. The molecule has 1 heterocycles. The maximum Gasteiger partial charge on any atom is 0.294 e. The molecule has 1 saturated heterocycles. The summed E-state index contributed by atoms with van der Waals surface area (Å²) in [7, 11) is 5.34. The summed E-state index contributed by atoms with van der Waals surface area (Å²) in [6, 6.07) is 10.4. The molecule has 0 unspecified atom stereocenters. The number of hydrogen-bond donors (Lipinski definition) is 1. The molecule has 10 heteroatoms. The highest BCUT2D eigenvalue weighted by molar-refractivity contribution is 9.10. The van der Waals surface area contributed by atoms with Crippen LogP contribution in [0.15, 0.2) is 45.8 Å². The molecule has 3 rings (SSSR count). The van der Waals surface area contributed by atoms with Gasteiger partial charge in [0.05, 0.1) is 22.7 Å². The van der Waals surface area contributed by atoms with Crippen molar-refractivity contribution in [3.8, 4) is 5.75 Å². The van der Waals surface area contributed by atoms with Crippen molar-refractivity contribution in [1.82, 2.24) is 4.90 Å². The van der Waals surface area contributed by atoms with E-state index in [0.717, 1.165) is 32.4 Å².